The number of aryl methyl sites for hydroxylation is 1. The highest BCUT2D eigenvalue weighted by Crippen LogP contribution is 2.22. The molecule has 0 aliphatic carbocycles. The maximum atomic E-state index is 12.6. The van der Waals surface area contributed by atoms with E-state index in [1.807, 2.05) is 25.3 Å². The Hall–Kier alpha value is -0.850. The van der Waals surface area contributed by atoms with Crippen LogP contribution in [0.3, 0.4) is 0 Å². The minimum Gasteiger partial charge on any atom is -0.349 e. The van der Waals surface area contributed by atoms with Gasteiger partial charge in [0.15, 0.2) is 0 Å². The van der Waals surface area contributed by atoms with E-state index in [-0.39, 0.29) is 12.0 Å². The Morgan fingerprint density at radius 3 is 2.40 bits per heavy atom. The first-order valence-corrected chi connectivity index (χ1v) is 8.56. The van der Waals surface area contributed by atoms with Crippen LogP contribution in [0.25, 0.3) is 0 Å². The Bertz CT molecular complexity index is 535. The van der Waals surface area contributed by atoms with Crippen molar-refractivity contribution in [2.45, 2.75) is 58.1 Å². The first kappa shape index (κ1) is 17.2. The molecule has 0 radical (unpaired) electrons. The van der Waals surface area contributed by atoms with Crippen LogP contribution in [0.2, 0.25) is 0 Å². The van der Waals surface area contributed by atoms with Crippen LogP contribution in [0.5, 0.6) is 0 Å². The van der Waals surface area contributed by atoms with Gasteiger partial charge in [-0.15, -0.1) is 0 Å². The molecule has 0 saturated carbocycles. The van der Waals surface area contributed by atoms with Crippen molar-refractivity contribution in [1.82, 2.24) is 8.87 Å². The van der Waals surface area contributed by atoms with Gasteiger partial charge >= 0.3 is 0 Å². The number of sulfonamides is 1. The summed E-state index contributed by atoms with van der Waals surface area (Å²) in [6.45, 7) is 9.15. The monoisotopic (exact) mass is 301 g/mol. The SMILES string of the molecule is CCCn1cc(S(=O)(=O)N(C)C(C)C(C)C)cc1CN. The van der Waals surface area contributed by atoms with Crippen molar-refractivity contribution in [2.24, 2.45) is 11.7 Å². The minimum atomic E-state index is -3.46. The van der Waals surface area contributed by atoms with E-state index in [4.69, 9.17) is 5.73 Å². The summed E-state index contributed by atoms with van der Waals surface area (Å²) in [7, 11) is -1.82. The van der Waals surface area contributed by atoms with Gasteiger partial charge < -0.3 is 10.3 Å². The maximum Gasteiger partial charge on any atom is 0.244 e. The van der Waals surface area contributed by atoms with Gasteiger partial charge in [-0.25, -0.2) is 8.42 Å². The quantitative estimate of drug-likeness (QED) is 0.837. The van der Waals surface area contributed by atoms with Gasteiger partial charge in [-0.3, -0.25) is 0 Å². The molecule has 0 saturated heterocycles. The molecule has 1 atom stereocenters. The molecular formula is C14H27N3O2S. The molecule has 20 heavy (non-hydrogen) atoms. The van der Waals surface area contributed by atoms with E-state index < -0.39 is 10.0 Å². The van der Waals surface area contributed by atoms with Crippen molar-refractivity contribution in [2.75, 3.05) is 7.05 Å². The van der Waals surface area contributed by atoms with Crippen molar-refractivity contribution >= 4 is 10.0 Å². The van der Waals surface area contributed by atoms with E-state index in [0.717, 1.165) is 18.7 Å². The lowest BCUT2D eigenvalue weighted by molar-refractivity contribution is 0.315. The number of hydrogen-bond donors (Lipinski definition) is 1. The third-order valence-electron chi connectivity index (χ3n) is 3.85. The van der Waals surface area contributed by atoms with Crippen LogP contribution >= 0.6 is 0 Å². The van der Waals surface area contributed by atoms with Gasteiger partial charge in [0.25, 0.3) is 0 Å². The molecule has 5 nitrogen and oxygen atoms in total. The van der Waals surface area contributed by atoms with Gasteiger partial charge in [-0.2, -0.15) is 4.31 Å². The fourth-order valence-electron chi connectivity index (χ4n) is 2.09. The fourth-order valence-corrected chi connectivity index (χ4v) is 3.65. The van der Waals surface area contributed by atoms with Crippen LogP contribution in [0.4, 0.5) is 0 Å². The predicted octanol–water partition coefficient (Wildman–Crippen LogP) is 2.02. The van der Waals surface area contributed by atoms with Gasteiger partial charge in [0.05, 0.1) is 0 Å². The van der Waals surface area contributed by atoms with Gasteiger partial charge in [0.2, 0.25) is 10.0 Å². The molecule has 0 aromatic carbocycles. The molecule has 0 spiro atoms. The molecule has 1 unspecified atom stereocenters. The molecule has 1 heterocycles. The number of nitrogens with two attached hydrogens (primary N) is 1. The third kappa shape index (κ3) is 3.42. The Labute approximate surface area is 122 Å². The number of hydrogen-bond acceptors (Lipinski definition) is 3. The standard InChI is InChI=1S/C14H27N3O2S/c1-6-7-17-10-14(8-13(17)9-15)20(18,19)16(5)12(4)11(2)3/h8,10-12H,6-7,9,15H2,1-5H3. The van der Waals surface area contributed by atoms with Crippen LogP contribution in [0.15, 0.2) is 17.2 Å². The molecule has 0 bridgehead atoms. The molecule has 1 rings (SSSR count). The van der Waals surface area contributed by atoms with E-state index in [1.54, 1.807) is 19.3 Å². The molecule has 6 heteroatoms. The summed E-state index contributed by atoms with van der Waals surface area (Å²) in [5.74, 6) is 0.265. The van der Waals surface area contributed by atoms with Crippen LogP contribution in [0, 0.1) is 5.92 Å². The molecule has 1 aromatic heterocycles. The lowest BCUT2D eigenvalue weighted by Gasteiger charge is -2.26. The summed E-state index contributed by atoms with van der Waals surface area (Å²) in [6.07, 6.45) is 2.64. The van der Waals surface area contributed by atoms with Crippen molar-refractivity contribution in [3.05, 3.63) is 18.0 Å². The van der Waals surface area contributed by atoms with Gasteiger partial charge in [0, 0.05) is 38.1 Å². The Balaban J connectivity index is 3.15. The topological polar surface area (TPSA) is 68.3 Å². The zero-order valence-corrected chi connectivity index (χ0v) is 13.9. The first-order valence-electron chi connectivity index (χ1n) is 7.12. The van der Waals surface area contributed by atoms with Crippen LogP contribution in [-0.4, -0.2) is 30.4 Å². The van der Waals surface area contributed by atoms with E-state index in [1.165, 1.54) is 4.31 Å². The van der Waals surface area contributed by atoms with E-state index in [0.29, 0.717) is 11.4 Å². The van der Waals surface area contributed by atoms with Crippen LogP contribution in [0.1, 0.15) is 39.8 Å². The van der Waals surface area contributed by atoms with E-state index >= 15 is 0 Å². The fraction of sp³-hybridized carbons (Fsp3) is 0.714. The van der Waals surface area contributed by atoms with Gasteiger partial charge in [0.1, 0.15) is 4.90 Å². The second kappa shape index (κ2) is 6.74. The summed E-state index contributed by atoms with van der Waals surface area (Å²) < 4.78 is 28.7. The molecule has 0 aliphatic heterocycles. The lowest BCUT2D eigenvalue weighted by Crippen LogP contribution is -2.38. The predicted molar refractivity (Wildman–Crippen MR) is 81.9 cm³/mol. The number of nitrogens with zero attached hydrogens (tertiary/aromatic N) is 2. The zero-order valence-electron chi connectivity index (χ0n) is 13.1. The minimum absolute atomic E-state index is 0.0455. The highest BCUT2D eigenvalue weighted by Gasteiger charge is 2.28. The number of aromatic nitrogens is 1. The average molecular weight is 301 g/mol. The zero-order chi connectivity index (χ0) is 15.5. The van der Waals surface area contributed by atoms with E-state index in [9.17, 15) is 8.42 Å². The first-order chi connectivity index (χ1) is 9.25. The van der Waals surface area contributed by atoms with Gasteiger partial charge in [-0.05, 0) is 25.3 Å². The van der Waals surface area contributed by atoms with Crippen molar-refractivity contribution in [3.8, 4) is 0 Å². The highest BCUT2D eigenvalue weighted by molar-refractivity contribution is 7.89. The van der Waals surface area contributed by atoms with Crippen molar-refractivity contribution in [1.29, 1.82) is 0 Å². The second-order valence-electron chi connectivity index (χ2n) is 5.57. The lowest BCUT2D eigenvalue weighted by atomic mass is 10.1. The number of rotatable bonds is 7. The molecular weight excluding hydrogens is 274 g/mol. The third-order valence-corrected chi connectivity index (χ3v) is 5.76. The van der Waals surface area contributed by atoms with Gasteiger partial charge in [-0.1, -0.05) is 20.8 Å². The molecule has 2 N–H and O–H groups in total. The summed E-state index contributed by atoms with van der Waals surface area (Å²) >= 11 is 0. The highest BCUT2D eigenvalue weighted by atomic mass is 32.2. The molecule has 116 valence electrons. The smallest absolute Gasteiger partial charge is 0.244 e. The molecule has 0 amide bonds. The maximum absolute atomic E-state index is 12.6. The summed E-state index contributed by atoms with van der Waals surface area (Å²) in [5.41, 5.74) is 6.55. The Morgan fingerprint density at radius 2 is 1.95 bits per heavy atom. The summed E-state index contributed by atoms with van der Waals surface area (Å²) in [6, 6.07) is 1.64. The van der Waals surface area contributed by atoms with E-state index in [2.05, 4.69) is 6.92 Å². The summed E-state index contributed by atoms with van der Waals surface area (Å²) in [5, 5.41) is 0. The summed E-state index contributed by atoms with van der Waals surface area (Å²) in [4.78, 5) is 0.335. The Morgan fingerprint density at radius 1 is 1.35 bits per heavy atom. The molecule has 0 aliphatic rings. The Kier molecular flexibility index (Phi) is 5.79. The second-order valence-corrected chi connectivity index (χ2v) is 7.57. The molecule has 0 fully saturated rings. The van der Waals surface area contributed by atoms with Crippen LogP contribution in [-0.2, 0) is 23.1 Å². The molecule has 1 aromatic rings. The normalized spacial score (nSPS) is 14.2. The van der Waals surface area contributed by atoms with Crippen LogP contribution < -0.4 is 5.73 Å². The average Bonchev–Trinajstić information content (AvgIpc) is 2.81. The largest absolute Gasteiger partial charge is 0.349 e. The van der Waals surface area contributed by atoms with Crippen molar-refractivity contribution in [3.63, 3.8) is 0 Å². The van der Waals surface area contributed by atoms with Crippen molar-refractivity contribution < 1.29 is 8.42 Å².